The van der Waals surface area contributed by atoms with Gasteiger partial charge in [-0.05, 0) is 36.8 Å². The van der Waals surface area contributed by atoms with Crippen LogP contribution in [0.1, 0.15) is 22.8 Å². The van der Waals surface area contributed by atoms with Crippen LogP contribution in [0.25, 0.3) is 0 Å². The van der Waals surface area contributed by atoms with E-state index in [2.05, 4.69) is 0 Å². The lowest BCUT2D eigenvalue weighted by Gasteiger charge is -2.34. The smallest absolute Gasteiger partial charge is 0.409 e. The summed E-state index contributed by atoms with van der Waals surface area (Å²) < 4.78 is 10.9. The molecule has 148 valence electrons. The quantitative estimate of drug-likeness (QED) is 0.762. The van der Waals surface area contributed by atoms with E-state index in [0.717, 1.165) is 5.56 Å². The Bertz CT molecular complexity index is 817. The minimum absolute atomic E-state index is 0.102. The Hall–Kier alpha value is -2.73. The zero-order chi connectivity index (χ0) is 19.9. The van der Waals surface area contributed by atoms with Crippen LogP contribution in [-0.2, 0) is 11.3 Å². The van der Waals surface area contributed by atoms with Crippen LogP contribution >= 0.6 is 11.6 Å². The van der Waals surface area contributed by atoms with Gasteiger partial charge in [0, 0.05) is 31.2 Å². The van der Waals surface area contributed by atoms with Crippen molar-refractivity contribution in [1.82, 2.24) is 9.80 Å². The fraction of sp³-hybridized carbons (Fsp3) is 0.333. The van der Waals surface area contributed by atoms with Gasteiger partial charge in [-0.2, -0.15) is 0 Å². The largest absolute Gasteiger partial charge is 0.488 e. The van der Waals surface area contributed by atoms with Gasteiger partial charge in [0.05, 0.1) is 12.2 Å². The number of piperazine rings is 1. The molecular formula is C21H23ClN2O4. The van der Waals surface area contributed by atoms with Crippen LogP contribution in [0.2, 0.25) is 5.02 Å². The van der Waals surface area contributed by atoms with Crippen molar-refractivity contribution in [3.05, 3.63) is 64.7 Å². The second-order valence-corrected chi connectivity index (χ2v) is 6.83. The highest BCUT2D eigenvalue weighted by molar-refractivity contribution is 6.30. The molecule has 0 spiro atoms. The molecule has 2 aromatic rings. The van der Waals surface area contributed by atoms with Gasteiger partial charge in [0.2, 0.25) is 0 Å². The van der Waals surface area contributed by atoms with Crippen LogP contribution in [0.3, 0.4) is 0 Å². The van der Waals surface area contributed by atoms with Crippen molar-refractivity contribution in [3.63, 3.8) is 0 Å². The third-order valence-electron chi connectivity index (χ3n) is 4.52. The van der Waals surface area contributed by atoms with Crippen molar-refractivity contribution < 1.29 is 19.1 Å². The van der Waals surface area contributed by atoms with E-state index >= 15 is 0 Å². The summed E-state index contributed by atoms with van der Waals surface area (Å²) in [4.78, 5) is 28.1. The van der Waals surface area contributed by atoms with Gasteiger partial charge in [0.1, 0.15) is 12.4 Å². The number of ether oxygens (including phenoxy) is 2. The Kier molecular flexibility index (Phi) is 6.76. The number of nitrogens with zero attached hydrogens (tertiary/aromatic N) is 2. The van der Waals surface area contributed by atoms with Crippen molar-refractivity contribution >= 4 is 23.6 Å². The second-order valence-electron chi connectivity index (χ2n) is 6.39. The molecule has 0 unspecified atom stereocenters. The van der Waals surface area contributed by atoms with E-state index in [9.17, 15) is 9.59 Å². The van der Waals surface area contributed by atoms with Gasteiger partial charge in [-0.15, -0.1) is 0 Å². The molecular weight excluding hydrogens is 380 g/mol. The molecule has 28 heavy (non-hydrogen) atoms. The first-order valence-corrected chi connectivity index (χ1v) is 9.63. The van der Waals surface area contributed by atoms with Crippen molar-refractivity contribution in [3.8, 4) is 5.75 Å². The van der Waals surface area contributed by atoms with E-state index in [-0.39, 0.29) is 12.0 Å². The molecule has 1 heterocycles. The molecule has 0 radical (unpaired) electrons. The predicted molar refractivity (Wildman–Crippen MR) is 107 cm³/mol. The molecule has 0 aromatic heterocycles. The lowest BCUT2D eigenvalue weighted by molar-refractivity contribution is 0.0567. The summed E-state index contributed by atoms with van der Waals surface area (Å²) in [6, 6.07) is 14.6. The van der Waals surface area contributed by atoms with Crippen molar-refractivity contribution in [2.24, 2.45) is 0 Å². The Morgan fingerprint density at radius 2 is 1.61 bits per heavy atom. The van der Waals surface area contributed by atoms with Crippen LogP contribution in [0.4, 0.5) is 4.79 Å². The molecule has 1 saturated heterocycles. The highest BCUT2D eigenvalue weighted by atomic mass is 35.5. The van der Waals surface area contributed by atoms with Crippen molar-refractivity contribution in [2.75, 3.05) is 32.8 Å². The number of rotatable bonds is 5. The fourth-order valence-electron chi connectivity index (χ4n) is 2.99. The Labute approximate surface area is 169 Å². The molecule has 1 aliphatic heterocycles. The van der Waals surface area contributed by atoms with E-state index < -0.39 is 0 Å². The molecule has 2 aromatic carbocycles. The topological polar surface area (TPSA) is 59.1 Å². The lowest BCUT2D eigenvalue weighted by atomic mass is 10.1. The number of hydrogen-bond acceptors (Lipinski definition) is 4. The third kappa shape index (κ3) is 4.95. The number of amides is 2. The van der Waals surface area contributed by atoms with Crippen LogP contribution in [0.5, 0.6) is 5.75 Å². The minimum Gasteiger partial charge on any atom is -0.488 e. The molecule has 1 aliphatic rings. The van der Waals surface area contributed by atoms with Gasteiger partial charge in [0.15, 0.2) is 0 Å². The van der Waals surface area contributed by atoms with E-state index in [1.807, 2.05) is 24.3 Å². The SMILES string of the molecule is CCOC(=O)N1CCN(C(=O)c2ccccc2OCc2ccc(Cl)cc2)CC1. The van der Waals surface area contributed by atoms with Crippen LogP contribution < -0.4 is 4.74 Å². The molecule has 6 nitrogen and oxygen atoms in total. The molecule has 1 fully saturated rings. The standard InChI is InChI=1S/C21H23ClN2O4/c1-2-27-21(26)24-13-11-23(12-14-24)20(25)18-5-3-4-6-19(18)28-15-16-7-9-17(22)10-8-16/h3-10H,2,11-15H2,1H3. The number of benzene rings is 2. The molecule has 0 atom stereocenters. The number of carbonyl (C=O) groups is 2. The van der Waals surface area contributed by atoms with E-state index in [4.69, 9.17) is 21.1 Å². The summed E-state index contributed by atoms with van der Waals surface area (Å²) in [7, 11) is 0. The molecule has 0 aliphatic carbocycles. The Balaban J connectivity index is 1.63. The van der Waals surface area contributed by atoms with E-state index in [0.29, 0.717) is 55.7 Å². The van der Waals surface area contributed by atoms with E-state index in [1.54, 1.807) is 41.0 Å². The lowest BCUT2D eigenvalue weighted by Crippen LogP contribution is -2.50. The number of para-hydroxylation sites is 1. The van der Waals surface area contributed by atoms with E-state index in [1.165, 1.54) is 0 Å². The molecule has 2 amide bonds. The normalized spacial score (nSPS) is 13.9. The summed E-state index contributed by atoms with van der Waals surface area (Å²) in [5.41, 5.74) is 1.48. The van der Waals surface area contributed by atoms with Gasteiger partial charge in [0.25, 0.3) is 5.91 Å². The van der Waals surface area contributed by atoms with Gasteiger partial charge in [-0.1, -0.05) is 35.9 Å². The third-order valence-corrected chi connectivity index (χ3v) is 4.77. The second kappa shape index (κ2) is 9.46. The summed E-state index contributed by atoms with van der Waals surface area (Å²) >= 11 is 5.91. The summed E-state index contributed by atoms with van der Waals surface area (Å²) in [5.74, 6) is 0.436. The zero-order valence-corrected chi connectivity index (χ0v) is 16.5. The highest BCUT2D eigenvalue weighted by Gasteiger charge is 2.26. The van der Waals surface area contributed by atoms with Gasteiger partial charge >= 0.3 is 6.09 Å². The average Bonchev–Trinajstić information content (AvgIpc) is 2.73. The maximum atomic E-state index is 13.0. The molecule has 7 heteroatoms. The maximum absolute atomic E-state index is 13.0. The number of carbonyl (C=O) groups excluding carboxylic acids is 2. The van der Waals surface area contributed by atoms with Gasteiger partial charge in [-0.3, -0.25) is 4.79 Å². The number of halogens is 1. The van der Waals surface area contributed by atoms with Crippen LogP contribution in [0, 0.1) is 0 Å². The molecule has 3 rings (SSSR count). The maximum Gasteiger partial charge on any atom is 0.409 e. The highest BCUT2D eigenvalue weighted by Crippen LogP contribution is 2.22. The Morgan fingerprint density at radius 1 is 0.964 bits per heavy atom. The van der Waals surface area contributed by atoms with Crippen molar-refractivity contribution in [1.29, 1.82) is 0 Å². The first kappa shape index (κ1) is 20.0. The van der Waals surface area contributed by atoms with Gasteiger partial charge < -0.3 is 19.3 Å². The first-order chi connectivity index (χ1) is 13.6. The summed E-state index contributed by atoms with van der Waals surface area (Å²) in [6.07, 6.45) is -0.332. The first-order valence-electron chi connectivity index (χ1n) is 9.25. The summed E-state index contributed by atoms with van der Waals surface area (Å²) in [5, 5.41) is 0.668. The fourth-order valence-corrected chi connectivity index (χ4v) is 3.11. The van der Waals surface area contributed by atoms with Crippen LogP contribution in [0.15, 0.2) is 48.5 Å². The van der Waals surface area contributed by atoms with Crippen LogP contribution in [-0.4, -0.2) is 54.6 Å². The minimum atomic E-state index is -0.332. The van der Waals surface area contributed by atoms with Gasteiger partial charge in [-0.25, -0.2) is 4.79 Å². The van der Waals surface area contributed by atoms with Crippen molar-refractivity contribution in [2.45, 2.75) is 13.5 Å². The molecule has 0 bridgehead atoms. The summed E-state index contributed by atoms with van der Waals surface area (Å²) in [6.45, 7) is 4.30. The molecule has 0 saturated carbocycles. The Morgan fingerprint density at radius 3 is 2.29 bits per heavy atom. The zero-order valence-electron chi connectivity index (χ0n) is 15.8. The average molecular weight is 403 g/mol. The predicted octanol–water partition coefficient (Wildman–Crippen LogP) is 3.83. The molecule has 0 N–H and O–H groups in total. The monoisotopic (exact) mass is 402 g/mol. The number of hydrogen-bond donors (Lipinski definition) is 0.